The van der Waals surface area contributed by atoms with Gasteiger partial charge in [0.2, 0.25) is 0 Å². The molecule has 5 heteroatoms. The summed E-state index contributed by atoms with van der Waals surface area (Å²) >= 11 is 0. The molecule has 2 aromatic rings. The Labute approximate surface area is 175 Å². The maximum absolute atomic E-state index is 5.49. The molecule has 0 aromatic heterocycles. The predicted octanol–water partition coefficient (Wildman–Crippen LogP) is 3.62. The molecule has 1 atom stereocenters. The number of ether oxygens (including phenoxy) is 2. The van der Waals surface area contributed by atoms with Crippen molar-refractivity contribution in [3.8, 4) is 0 Å². The Kier molecular flexibility index (Phi) is 11.5. The van der Waals surface area contributed by atoms with E-state index in [9.17, 15) is 0 Å². The molecular weight excluding hydrogens is 362 g/mol. The van der Waals surface area contributed by atoms with Crippen molar-refractivity contribution in [1.29, 1.82) is 0 Å². The van der Waals surface area contributed by atoms with Crippen LogP contribution >= 0.6 is 0 Å². The van der Waals surface area contributed by atoms with Gasteiger partial charge in [0.05, 0.1) is 13.2 Å². The zero-order chi connectivity index (χ0) is 20.6. The monoisotopic (exact) mass is 397 g/mol. The summed E-state index contributed by atoms with van der Waals surface area (Å²) in [6.45, 7) is 3.79. The normalized spacial score (nSPS) is 12.6. The maximum atomic E-state index is 5.49. The van der Waals surface area contributed by atoms with Gasteiger partial charge in [-0.05, 0) is 30.4 Å². The van der Waals surface area contributed by atoms with Crippen molar-refractivity contribution < 1.29 is 9.47 Å². The number of nitrogens with one attached hydrogen (secondary N) is 2. The quantitative estimate of drug-likeness (QED) is 0.308. The average Bonchev–Trinajstić information content (AvgIpc) is 2.78. The highest BCUT2D eigenvalue weighted by molar-refractivity contribution is 5.79. The summed E-state index contributed by atoms with van der Waals surface area (Å²) in [5.74, 6) is 1.23. The molecule has 2 aromatic carbocycles. The summed E-state index contributed by atoms with van der Waals surface area (Å²) in [6, 6.07) is 21.3. The van der Waals surface area contributed by atoms with Gasteiger partial charge in [0.25, 0.3) is 0 Å². The fraction of sp³-hybridized carbons (Fsp3) is 0.458. The molecule has 0 radical (unpaired) electrons. The van der Waals surface area contributed by atoms with E-state index < -0.39 is 0 Å². The molecule has 0 saturated heterocycles. The Morgan fingerprint density at radius 3 is 2.31 bits per heavy atom. The van der Waals surface area contributed by atoms with E-state index >= 15 is 0 Å². The van der Waals surface area contributed by atoms with Crippen molar-refractivity contribution in [2.75, 3.05) is 47.1 Å². The summed E-state index contributed by atoms with van der Waals surface area (Å²) < 4.78 is 10.5. The molecule has 0 aliphatic carbocycles. The summed E-state index contributed by atoms with van der Waals surface area (Å²) in [7, 11) is 3.51. The van der Waals surface area contributed by atoms with Crippen LogP contribution in [0.15, 0.2) is 65.7 Å². The van der Waals surface area contributed by atoms with Crippen molar-refractivity contribution in [3.05, 3.63) is 71.8 Å². The SMILES string of the molecule is CN=C(NCCCCOCCOC)NCC(Cc1ccccc1)c1ccccc1. The Hall–Kier alpha value is -2.37. The lowest BCUT2D eigenvalue weighted by Crippen LogP contribution is -2.40. The Balaban J connectivity index is 1.77. The lowest BCUT2D eigenvalue weighted by molar-refractivity contribution is 0.0689. The molecule has 0 aliphatic rings. The van der Waals surface area contributed by atoms with Gasteiger partial charge in [-0.1, -0.05) is 60.7 Å². The lowest BCUT2D eigenvalue weighted by Gasteiger charge is -2.20. The van der Waals surface area contributed by atoms with Crippen molar-refractivity contribution in [2.45, 2.75) is 25.2 Å². The van der Waals surface area contributed by atoms with E-state index in [4.69, 9.17) is 9.47 Å². The Bertz CT molecular complexity index is 677. The van der Waals surface area contributed by atoms with Gasteiger partial charge >= 0.3 is 0 Å². The van der Waals surface area contributed by atoms with Gasteiger partial charge in [-0.2, -0.15) is 0 Å². The van der Waals surface area contributed by atoms with Gasteiger partial charge in [0, 0.05) is 39.8 Å². The first-order valence-corrected chi connectivity index (χ1v) is 10.4. The van der Waals surface area contributed by atoms with E-state index in [0.29, 0.717) is 19.1 Å². The summed E-state index contributed by atoms with van der Waals surface area (Å²) in [5, 5.41) is 6.90. The first-order valence-electron chi connectivity index (χ1n) is 10.4. The second-order valence-electron chi connectivity index (χ2n) is 6.99. The number of methoxy groups -OCH3 is 1. The van der Waals surface area contributed by atoms with Crippen LogP contribution in [0.3, 0.4) is 0 Å². The molecule has 1 unspecified atom stereocenters. The third-order valence-electron chi connectivity index (χ3n) is 4.78. The smallest absolute Gasteiger partial charge is 0.190 e. The fourth-order valence-electron chi connectivity index (χ4n) is 3.15. The fourth-order valence-corrected chi connectivity index (χ4v) is 3.15. The van der Waals surface area contributed by atoms with Gasteiger partial charge < -0.3 is 20.1 Å². The summed E-state index contributed by atoms with van der Waals surface area (Å²) in [5.41, 5.74) is 2.69. The molecule has 158 valence electrons. The minimum absolute atomic E-state index is 0.381. The molecule has 0 amide bonds. The van der Waals surface area contributed by atoms with Crippen molar-refractivity contribution in [2.24, 2.45) is 4.99 Å². The number of hydrogen-bond acceptors (Lipinski definition) is 3. The third kappa shape index (κ3) is 9.59. The number of nitrogens with zero attached hydrogens (tertiary/aromatic N) is 1. The second kappa shape index (κ2) is 14.6. The number of rotatable bonds is 13. The highest BCUT2D eigenvalue weighted by Crippen LogP contribution is 2.20. The van der Waals surface area contributed by atoms with Gasteiger partial charge in [-0.15, -0.1) is 0 Å². The number of unbranched alkanes of at least 4 members (excludes halogenated alkanes) is 1. The van der Waals surface area contributed by atoms with E-state index in [2.05, 4.69) is 76.3 Å². The molecular formula is C24H35N3O2. The van der Waals surface area contributed by atoms with Crippen molar-refractivity contribution in [1.82, 2.24) is 10.6 Å². The van der Waals surface area contributed by atoms with E-state index in [-0.39, 0.29) is 0 Å². The second-order valence-corrected chi connectivity index (χ2v) is 6.99. The van der Waals surface area contributed by atoms with Crippen LogP contribution in [0, 0.1) is 0 Å². The number of hydrogen-bond donors (Lipinski definition) is 2. The number of aliphatic imine (C=N–C) groups is 1. The maximum Gasteiger partial charge on any atom is 0.190 e. The molecule has 0 saturated carbocycles. The molecule has 0 aliphatic heterocycles. The van der Waals surface area contributed by atoms with Gasteiger partial charge in [-0.25, -0.2) is 0 Å². The van der Waals surface area contributed by atoms with Crippen LogP contribution < -0.4 is 10.6 Å². The minimum atomic E-state index is 0.381. The van der Waals surface area contributed by atoms with Crippen LogP contribution in [-0.4, -0.2) is 53.0 Å². The van der Waals surface area contributed by atoms with Crippen molar-refractivity contribution >= 4 is 5.96 Å². The van der Waals surface area contributed by atoms with Crippen LogP contribution in [0.25, 0.3) is 0 Å². The molecule has 0 heterocycles. The van der Waals surface area contributed by atoms with Gasteiger partial charge in [0.15, 0.2) is 5.96 Å². The molecule has 0 fully saturated rings. The van der Waals surface area contributed by atoms with Crippen LogP contribution in [0.2, 0.25) is 0 Å². The molecule has 5 nitrogen and oxygen atoms in total. The average molecular weight is 398 g/mol. The zero-order valence-electron chi connectivity index (χ0n) is 17.8. The molecule has 0 bridgehead atoms. The van der Waals surface area contributed by atoms with E-state index in [0.717, 1.165) is 44.9 Å². The number of benzene rings is 2. The first kappa shape index (κ1) is 22.9. The minimum Gasteiger partial charge on any atom is -0.382 e. The third-order valence-corrected chi connectivity index (χ3v) is 4.78. The van der Waals surface area contributed by atoms with E-state index in [1.54, 1.807) is 7.11 Å². The van der Waals surface area contributed by atoms with Crippen LogP contribution in [0.4, 0.5) is 0 Å². The highest BCUT2D eigenvalue weighted by atomic mass is 16.5. The highest BCUT2D eigenvalue weighted by Gasteiger charge is 2.13. The first-order chi connectivity index (χ1) is 14.3. The Morgan fingerprint density at radius 2 is 1.62 bits per heavy atom. The number of guanidine groups is 1. The Morgan fingerprint density at radius 1 is 0.897 bits per heavy atom. The van der Waals surface area contributed by atoms with Gasteiger partial charge in [0.1, 0.15) is 0 Å². The molecule has 2 N–H and O–H groups in total. The standard InChI is InChI=1S/C24H35N3O2/c1-25-24(26-15-9-10-16-29-18-17-28-2)27-20-23(22-13-7-4-8-14-22)19-21-11-5-3-6-12-21/h3-8,11-14,23H,9-10,15-20H2,1-2H3,(H2,25,26,27). The summed E-state index contributed by atoms with van der Waals surface area (Å²) in [6.07, 6.45) is 3.06. The van der Waals surface area contributed by atoms with Crippen LogP contribution in [-0.2, 0) is 15.9 Å². The predicted molar refractivity (Wildman–Crippen MR) is 121 cm³/mol. The van der Waals surface area contributed by atoms with Gasteiger partial charge in [-0.3, -0.25) is 4.99 Å². The lowest BCUT2D eigenvalue weighted by atomic mass is 9.92. The van der Waals surface area contributed by atoms with E-state index in [1.165, 1.54) is 11.1 Å². The molecule has 0 spiro atoms. The summed E-state index contributed by atoms with van der Waals surface area (Å²) in [4.78, 5) is 4.37. The van der Waals surface area contributed by atoms with Crippen LogP contribution in [0.5, 0.6) is 0 Å². The topological polar surface area (TPSA) is 54.9 Å². The van der Waals surface area contributed by atoms with Crippen LogP contribution in [0.1, 0.15) is 29.9 Å². The van der Waals surface area contributed by atoms with Crippen molar-refractivity contribution in [3.63, 3.8) is 0 Å². The molecule has 2 rings (SSSR count). The zero-order valence-corrected chi connectivity index (χ0v) is 17.8. The molecule has 29 heavy (non-hydrogen) atoms. The van der Waals surface area contributed by atoms with E-state index in [1.807, 2.05) is 7.05 Å². The largest absolute Gasteiger partial charge is 0.382 e.